The van der Waals surface area contributed by atoms with Gasteiger partial charge in [0.1, 0.15) is 37.0 Å². The maximum atomic E-state index is 12.8. The molecule has 0 spiro atoms. The Balaban J connectivity index is 1.18. The van der Waals surface area contributed by atoms with Crippen molar-refractivity contribution in [2.75, 3.05) is 39.5 Å². The number of aliphatic hydroxyl groups is 1. The summed E-state index contributed by atoms with van der Waals surface area (Å²) in [6.45, 7) is 3.84. The van der Waals surface area contributed by atoms with E-state index < -0.39 is 12.1 Å². The monoisotopic (exact) mass is 481 g/mol. The third-order valence-electron chi connectivity index (χ3n) is 6.37. The number of carbonyl (C=O) groups excluding carboxylic acids is 1. The summed E-state index contributed by atoms with van der Waals surface area (Å²) in [6.07, 6.45) is 2.19. The summed E-state index contributed by atoms with van der Waals surface area (Å²) >= 11 is 0. The molecule has 10 heteroatoms. The Morgan fingerprint density at radius 1 is 1.11 bits per heavy atom. The van der Waals surface area contributed by atoms with Gasteiger partial charge < -0.3 is 29.6 Å². The third-order valence-corrected chi connectivity index (χ3v) is 6.37. The van der Waals surface area contributed by atoms with Gasteiger partial charge in [-0.1, -0.05) is 23.0 Å². The Morgan fingerprint density at radius 3 is 2.77 bits per heavy atom. The molecular formula is C25H31N5O5. The predicted octanol–water partition coefficient (Wildman–Crippen LogP) is 1.73. The number of nitrogens with zero attached hydrogens (tertiary/aromatic N) is 4. The molecule has 1 fully saturated rings. The number of rotatable bonds is 10. The van der Waals surface area contributed by atoms with E-state index in [4.69, 9.17) is 14.3 Å². The first-order chi connectivity index (χ1) is 17.2. The van der Waals surface area contributed by atoms with Gasteiger partial charge in [-0.25, -0.2) is 0 Å². The van der Waals surface area contributed by atoms with Crippen molar-refractivity contribution in [2.45, 2.75) is 37.8 Å². The minimum absolute atomic E-state index is 0.127. The summed E-state index contributed by atoms with van der Waals surface area (Å²) in [5, 5.41) is 22.3. The van der Waals surface area contributed by atoms with Crippen LogP contribution in [0.5, 0.6) is 11.5 Å². The van der Waals surface area contributed by atoms with Crippen LogP contribution in [0.3, 0.4) is 0 Å². The lowest BCUT2D eigenvalue weighted by atomic mass is 10.0. The lowest BCUT2D eigenvalue weighted by Gasteiger charge is -2.29. The largest absolute Gasteiger partial charge is 0.486 e. The van der Waals surface area contributed by atoms with Crippen LogP contribution in [0.25, 0.3) is 11.0 Å². The topological polar surface area (TPSA) is 111 Å². The Labute approximate surface area is 203 Å². The van der Waals surface area contributed by atoms with E-state index in [2.05, 4.69) is 20.5 Å². The molecule has 3 aromatic rings. The maximum Gasteiger partial charge on any atom is 0.220 e. The lowest BCUT2D eigenvalue weighted by molar-refractivity contribution is -0.123. The number of aliphatic hydroxyl groups excluding tert-OH is 1. The van der Waals surface area contributed by atoms with Gasteiger partial charge in [-0.05, 0) is 67.4 Å². The fourth-order valence-corrected chi connectivity index (χ4v) is 4.55. The van der Waals surface area contributed by atoms with E-state index in [9.17, 15) is 9.90 Å². The minimum Gasteiger partial charge on any atom is -0.486 e. The molecule has 0 unspecified atom stereocenters. The highest BCUT2D eigenvalue weighted by molar-refractivity contribution is 5.76. The second kappa shape index (κ2) is 10.9. The summed E-state index contributed by atoms with van der Waals surface area (Å²) in [5.41, 5.74) is 2.23. The van der Waals surface area contributed by atoms with Crippen molar-refractivity contribution in [1.29, 1.82) is 0 Å². The van der Waals surface area contributed by atoms with Crippen molar-refractivity contribution >= 4 is 16.9 Å². The van der Waals surface area contributed by atoms with Gasteiger partial charge in [0.25, 0.3) is 0 Å². The third kappa shape index (κ3) is 5.66. The molecule has 0 radical (unpaired) electrons. The lowest BCUT2D eigenvalue weighted by Crippen LogP contribution is -2.46. The number of benzene rings is 2. The molecule has 1 amide bonds. The van der Waals surface area contributed by atoms with Crippen LogP contribution in [0.1, 0.15) is 37.4 Å². The van der Waals surface area contributed by atoms with E-state index in [-0.39, 0.29) is 12.3 Å². The molecule has 1 saturated heterocycles. The van der Waals surface area contributed by atoms with Gasteiger partial charge in [0.2, 0.25) is 5.91 Å². The molecular weight excluding hydrogens is 450 g/mol. The van der Waals surface area contributed by atoms with Crippen molar-refractivity contribution in [3.63, 3.8) is 0 Å². The maximum absolute atomic E-state index is 12.8. The first-order valence-electron chi connectivity index (χ1n) is 12.2. The molecule has 0 aliphatic carbocycles. The number of amides is 1. The molecule has 0 bridgehead atoms. The van der Waals surface area contributed by atoms with Crippen molar-refractivity contribution in [3.05, 3.63) is 48.0 Å². The molecule has 5 rings (SSSR count). The van der Waals surface area contributed by atoms with Gasteiger partial charge in [-0.15, -0.1) is 5.10 Å². The molecule has 2 aromatic carbocycles. The van der Waals surface area contributed by atoms with Gasteiger partial charge in [0.15, 0.2) is 11.5 Å². The quantitative estimate of drug-likeness (QED) is 0.421. The van der Waals surface area contributed by atoms with Gasteiger partial charge in [0, 0.05) is 13.0 Å². The standard InChI is InChI=1S/C25H31N5O5/c31-24(8-5-13-35-30-21-7-2-1-6-19(21)27-28-30)26-20(17-29-11-3-4-12-29)25(32)18-9-10-22-23(16-18)34-15-14-33-22/h1-2,6-7,9-10,16,20,25,32H,3-5,8,11-15,17H2,(H,26,31)/t20-,25-/m1/s1. The van der Waals surface area contributed by atoms with E-state index >= 15 is 0 Å². The molecule has 10 nitrogen and oxygen atoms in total. The summed E-state index contributed by atoms with van der Waals surface area (Å²) in [6, 6.07) is 12.5. The van der Waals surface area contributed by atoms with E-state index in [1.807, 2.05) is 36.4 Å². The number of para-hydroxylation sites is 1. The van der Waals surface area contributed by atoms with Gasteiger partial charge >= 0.3 is 0 Å². The molecule has 0 saturated carbocycles. The molecule has 1 aromatic heterocycles. The highest BCUT2D eigenvalue weighted by Crippen LogP contribution is 2.33. The Hall–Kier alpha value is -3.37. The number of nitrogens with one attached hydrogen (secondary N) is 1. The summed E-state index contributed by atoms with van der Waals surface area (Å²) in [7, 11) is 0. The van der Waals surface area contributed by atoms with Gasteiger partial charge in [-0.2, -0.15) is 0 Å². The van der Waals surface area contributed by atoms with Crippen molar-refractivity contribution in [3.8, 4) is 11.5 Å². The molecule has 3 heterocycles. The molecule has 186 valence electrons. The normalized spacial score (nSPS) is 17.3. The van der Waals surface area contributed by atoms with Crippen LogP contribution in [0.4, 0.5) is 0 Å². The molecule has 2 aliphatic heterocycles. The second-order valence-electron chi connectivity index (χ2n) is 8.92. The summed E-state index contributed by atoms with van der Waals surface area (Å²) < 4.78 is 11.3. The number of ether oxygens (including phenoxy) is 2. The fraction of sp³-hybridized carbons (Fsp3) is 0.480. The van der Waals surface area contributed by atoms with E-state index in [1.165, 1.54) is 4.85 Å². The van der Waals surface area contributed by atoms with Crippen LogP contribution in [0, 0.1) is 0 Å². The summed E-state index contributed by atoms with van der Waals surface area (Å²) in [4.78, 5) is 22.1. The Morgan fingerprint density at radius 2 is 1.91 bits per heavy atom. The van der Waals surface area contributed by atoms with E-state index in [1.54, 1.807) is 6.07 Å². The zero-order valence-electron chi connectivity index (χ0n) is 19.6. The number of carbonyl (C=O) groups is 1. The smallest absolute Gasteiger partial charge is 0.220 e. The van der Waals surface area contributed by atoms with Gasteiger partial charge in [0.05, 0.1) is 6.04 Å². The van der Waals surface area contributed by atoms with Crippen molar-refractivity contribution in [1.82, 2.24) is 25.4 Å². The molecule has 35 heavy (non-hydrogen) atoms. The van der Waals surface area contributed by atoms with E-state index in [0.29, 0.717) is 49.8 Å². The first-order valence-corrected chi connectivity index (χ1v) is 12.2. The molecule has 2 atom stereocenters. The number of hydrogen-bond acceptors (Lipinski definition) is 8. The first kappa shape index (κ1) is 23.4. The average Bonchev–Trinajstić information content (AvgIpc) is 3.55. The summed E-state index contributed by atoms with van der Waals surface area (Å²) in [5.74, 6) is 1.17. The zero-order valence-corrected chi connectivity index (χ0v) is 19.6. The minimum atomic E-state index is -0.867. The van der Waals surface area contributed by atoms with Crippen LogP contribution in [0.15, 0.2) is 42.5 Å². The van der Waals surface area contributed by atoms with Crippen LogP contribution in [-0.4, -0.2) is 76.6 Å². The predicted molar refractivity (Wildman–Crippen MR) is 128 cm³/mol. The van der Waals surface area contributed by atoms with Crippen LogP contribution >= 0.6 is 0 Å². The van der Waals surface area contributed by atoms with Crippen molar-refractivity contribution in [2.24, 2.45) is 0 Å². The Kier molecular flexibility index (Phi) is 7.29. The van der Waals surface area contributed by atoms with Crippen molar-refractivity contribution < 1.29 is 24.2 Å². The number of likely N-dealkylation sites (tertiary alicyclic amines) is 1. The highest BCUT2D eigenvalue weighted by Gasteiger charge is 2.27. The highest BCUT2D eigenvalue weighted by atomic mass is 16.7. The SMILES string of the molecule is O=C(CCCOn1nnc2ccccc21)N[C@H](CN1CCCC1)[C@H](O)c1ccc2c(c1)OCCO2. The average molecular weight is 482 g/mol. The fourth-order valence-electron chi connectivity index (χ4n) is 4.55. The second-order valence-corrected chi connectivity index (χ2v) is 8.92. The van der Waals surface area contributed by atoms with Crippen LogP contribution in [-0.2, 0) is 4.79 Å². The van der Waals surface area contributed by atoms with Crippen LogP contribution in [0.2, 0.25) is 0 Å². The van der Waals surface area contributed by atoms with Crippen LogP contribution < -0.4 is 19.6 Å². The molecule has 2 aliphatic rings. The van der Waals surface area contributed by atoms with Gasteiger partial charge in [-0.3, -0.25) is 4.79 Å². The van der Waals surface area contributed by atoms with E-state index in [0.717, 1.165) is 37.0 Å². The number of hydrogen-bond donors (Lipinski definition) is 2. The number of aromatic nitrogens is 3. The molecule has 2 N–H and O–H groups in total. The zero-order chi connectivity index (χ0) is 24.0. The number of fused-ring (bicyclic) bond motifs is 2. The Bertz CT molecular complexity index is 1150.